The maximum atomic E-state index is 5.37. The van der Waals surface area contributed by atoms with E-state index in [9.17, 15) is 0 Å². The Morgan fingerprint density at radius 2 is 1.67 bits per heavy atom. The molecule has 0 aliphatic rings. The number of benzene rings is 2. The van der Waals surface area contributed by atoms with Crippen LogP contribution in [-0.4, -0.2) is 24.2 Å². The molecular formula is C18H18ClN3O2. The average Bonchev–Trinajstić information content (AvgIpc) is 2.62. The van der Waals surface area contributed by atoms with E-state index < -0.39 is 0 Å². The molecule has 2 aromatic carbocycles. The SMILES string of the molecule is COc1ccc(OC)c(Nc2cc(-c3ccccc3)ncn2)c1.Cl. The highest BCUT2D eigenvalue weighted by Gasteiger charge is 2.07. The predicted molar refractivity (Wildman–Crippen MR) is 97.5 cm³/mol. The molecule has 0 atom stereocenters. The van der Waals surface area contributed by atoms with E-state index in [1.165, 1.54) is 6.33 Å². The van der Waals surface area contributed by atoms with Crippen LogP contribution >= 0.6 is 12.4 Å². The van der Waals surface area contributed by atoms with Gasteiger partial charge in [0.05, 0.1) is 25.6 Å². The highest BCUT2D eigenvalue weighted by atomic mass is 35.5. The lowest BCUT2D eigenvalue weighted by Gasteiger charge is -2.12. The summed E-state index contributed by atoms with van der Waals surface area (Å²) in [4.78, 5) is 8.59. The topological polar surface area (TPSA) is 56.3 Å². The number of nitrogens with zero attached hydrogens (tertiary/aromatic N) is 2. The first-order chi connectivity index (χ1) is 11.3. The molecule has 1 N–H and O–H groups in total. The molecule has 6 heteroatoms. The molecule has 0 aliphatic carbocycles. The van der Waals surface area contributed by atoms with E-state index in [4.69, 9.17) is 9.47 Å². The van der Waals surface area contributed by atoms with Gasteiger partial charge >= 0.3 is 0 Å². The lowest BCUT2D eigenvalue weighted by atomic mass is 10.1. The van der Waals surface area contributed by atoms with Crippen molar-refractivity contribution in [1.82, 2.24) is 9.97 Å². The van der Waals surface area contributed by atoms with Crippen LogP contribution in [0.2, 0.25) is 0 Å². The quantitative estimate of drug-likeness (QED) is 0.747. The number of rotatable bonds is 5. The fourth-order valence-corrected chi connectivity index (χ4v) is 2.24. The van der Waals surface area contributed by atoms with Crippen molar-refractivity contribution in [3.8, 4) is 22.8 Å². The van der Waals surface area contributed by atoms with Crippen LogP contribution in [0.15, 0.2) is 60.9 Å². The van der Waals surface area contributed by atoms with Crippen molar-refractivity contribution in [3.63, 3.8) is 0 Å². The van der Waals surface area contributed by atoms with Crippen LogP contribution in [-0.2, 0) is 0 Å². The van der Waals surface area contributed by atoms with Crippen molar-refractivity contribution in [2.24, 2.45) is 0 Å². The summed E-state index contributed by atoms with van der Waals surface area (Å²) in [6.07, 6.45) is 1.54. The van der Waals surface area contributed by atoms with Gasteiger partial charge in [-0.1, -0.05) is 30.3 Å². The van der Waals surface area contributed by atoms with E-state index in [1.54, 1.807) is 14.2 Å². The molecule has 0 spiro atoms. The molecule has 5 nitrogen and oxygen atoms in total. The van der Waals surface area contributed by atoms with Crippen LogP contribution in [0, 0.1) is 0 Å². The Hall–Kier alpha value is -2.79. The summed E-state index contributed by atoms with van der Waals surface area (Å²) >= 11 is 0. The Labute approximate surface area is 147 Å². The van der Waals surface area contributed by atoms with Crippen molar-refractivity contribution < 1.29 is 9.47 Å². The van der Waals surface area contributed by atoms with Crippen LogP contribution in [0.1, 0.15) is 0 Å². The summed E-state index contributed by atoms with van der Waals surface area (Å²) in [5.74, 6) is 2.14. The zero-order valence-corrected chi connectivity index (χ0v) is 14.2. The molecule has 3 aromatic rings. The molecule has 0 bridgehead atoms. The van der Waals surface area contributed by atoms with Crippen molar-refractivity contribution in [2.45, 2.75) is 0 Å². The van der Waals surface area contributed by atoms with Gasteiger partial charge in [-0.15, -0.1) is 12.4 Å². The zero-order chi connectivity index (χ0) is 16.1. The van der Waals surface area contributed by atoms with Gasteiger partial charge in [0.15, 0.2) is 0 Å². The van der Waals surface area contributed by atoms with Crippen LogP contribution in [0.5, 0.6) is 11.5 Å². The van der Waals surface area contributed by atoms with Gasteiger partial charge in [0, 0.05) is 17.7 Å². The molecule has 124 valence electrons. The number of halogens is 1. The highest BCUT2D eigenvalue weighted by molar-refractivity contribution is 5.85. The predicted octanol–water partition coefficient (Wildman–Crippen LogP) is 4.33. The molecular weight excluding hydrogens is 326 g/mol. The Kier molecular flexibility index (Phi) is 5.98. The maximum absolute atomic E-state index is 5.37. The number of ether oxygens (including phenoxy) is 2. The number of nitrogens with one attached hydrogen (secondary N) is 1. The molecule has 0 unspecified atom stereocenters. The molecule has 3 rings (SSSR count). The first-order valence-electron chi connectivity index (χ1n) is 7.16. The van der Waals surface area contributed by atoms with E-state index in [-0.39, 0.29) is 12.4 Å². The van der Waals surface area contributed by atoms with Gasteiger partial charge in [0.25, 0.3) is 0 Å². The second-order valence-corrected chi connectivity index (χ2v) is 4.85. The second-order valence-electron chi connectivity index (χ2n) is 4.85. The summed E-state index contributed by atoms with van der Waals surface area (Å²) in [5.41, 5.74) is 2.67. The fraction of sp³-hybridized carbons (Fsp3) is 0.111. The van der Waals surface area contributed by atoms with E-state index >= 15 is 0 Å². The molecule has 0 saturated carbocycles. The Balaban J connectivity index is 0.00000208. The molecule has 0 saturated heterocycles. The summed E-state index contributed by atoms with van der Waals surface area (Å²) in [5, 5.41) is 3.25. The van der Waals surface area contributed by atoms with Crippen LogP contribution < -0.4 is 14.8 Å². The smallest absolute Gasteiger partial charge is 0.142 e. The standard InChI is InChI=1S/C18H17N3O2.ClH/c1-22-14-8-9-17(23-2)16(10-14)21-18-11-15(19-12-20-18)13-6-4-3-5-7-13;/h3-12H,1-2H3,(H,19,20,21);1H. The fourth-order valence-electron chi connectivity index (χ4n) is 2.24. The first-order valence-corrected chi connectivity index (χ1v) is 7.16. The Morgan fingerprint density at radius 1 is 0.875 bits per heavy atom. The lowest BCUT2D eigenvalue weighted by Crippen LogP contribution is -1.98. The van der Waals surface area contributed by atoms with Crippen LogP contribution in [0.3, 0.4) is 0 Å². The number of hydrogen-bond acceptors (Lipinski definition) is 5. The van der Waals surface area contributed by atoms with Gasteiger partial charge in [0.1, 0.15) is 23.6 Å². The Bertz CT molecular complexity index is 797. The molecule has 24 heavy (non-hydrogen) atoms. The molecule has 1 heterocycles. The number of methoxy groups -OCH3 is 2. The van der Waals surface area contributed by atoms with Gasteiger partial charge in [0.2, 0.25) is 0 Å². The normalized spacial score (nSPS) is 9.75. The van der Waals surface area contributed by atoms with Crippen molar-refractivity contribution in [3.05, 3.63) is 60.9 Å². The third kappa shape index (κ3) is 3.94. The van der Waals surface area contributed by atoms with Crippen LogP contribution in [0.25, 0.3) is 11.3 Å². The third-order valence-corrected chi connectivity index (χ3v) is 3.41. The van der Waals surface area contributed by atoms with Crippen LogP contribution in [0.4, 0.5) is 11.5 Å². The van der Waals surface area contributed by atoms with Crippen molar-refractivity contribution in [1.29, 1.82) is 0 Å². The largest absolute Gasteiger partial charge is 0.497 e. The molecule has 0 amide bonds. The highest BCUT2D eigenvalue weighted by Crippen LogP contribution is 2.31. The van der Waals surface area contributed by atoms with E-state index in [1.807, 2.05) is 54.6 Å². The summed E-state index contributed by atoms with van der Waals surface area (Å²) in [6, 6.07) is 17.4. The second kappa shape index (κ2) is 8.17. The first kappa shape index (κ1) is 17.6. The Morgan fingerprint density at radius 3 is 2.38 bits per heavy atom. The average molecular weight is 344 g/mol. The third-order valence-electron chi connectivity index (χ3n) is 3.41. The van der Waals surface area contributed by atoms with Gasteiger partial charge in [-0.25, -0.2) is 9.97 Å². The van der Waals surface area contributed by atoms with Gasteiger partial charge < -0.3 is 14.8 Å². The van der Waals surface area contributed by atoms with Gasteiger partial charge in [-0.3, -0.25) is 0 Å². The minimum atomic E-state index is 0. The summed E-state index contributed by atoms with van der Waals surface area (Å²) < 4.78 is 10.6. The summed E-state index contributed by atoms with van der Waals surface area (Å²) in [7, 11) is 3.26. The van der Waals surface area contributed by atoms with E-state index in [0.717, 1.165) is 22.7 Å². The van der Waals surface area contributed by atoms with Gasteiger partial charge in [-0.2, -0.15) is 0 Å². The summed E-state index contributed by atoms with van der Waals surface area (Å²) in [6.45, 7) is 0. The van der Waals surface area contributed by atoms with Crippen molar-refractivity contribution in [2.75, 3.05) is 19.5 Å². The maximum Gasteiger partial charge on any atom is 0.142 e. The van der Waals surface area contributed by atoms with E-state index in [0.29, 0.717) is 11.6 Å². The zero-order valence-electron chi connectivity index (χ0n) is 13.4. The number of anilines is 2. The molecule has 0 fully saturated rings. The van der Waals surface area contributed by atoms with Crippen molar-refractivity contribution >= 4 is 23.9 Å². The molecule has 1 aromatic heterocycles. The van der Waals surface area contributed by atoms with E-state index in [2.05, 4.69) is 15.3 Å². The molecule has 0 radical (unpaired) electrons. The minimum absolute atomic E-state index is 0. The minimum Gasteiger partial charge on any atom is -0.497 e. The molecule has 0 aliphatic heterocycles. The monoisotopic (exact) mass is 343 g/mol. The van der Waals surface area contributed by atoms with Gasteiger partial charge in [-0.05, 0) is 12.1 Å². The number of hydrogen-bond donors (Lipinski definition) is 1. The lowest BCUT2D eigenvalue weighted by molar-refractivity contribution is 0.405. The number of aromatic nitrogens is 2.